The number of carbonyl (C=O) groups is 3. The van der Waals surface area contributed by atoms with E-state index >= 15 is 0 Å². The summed E-state index contributed by atoms with van der Waals surface area (Å²) in [6.07, 6.45) is 2.44. The number of rotatable bonds is 3. The fraction of sp³-hybridized carbons (Fsp3) is 0.350. The maximum atomic E-state index is 12.9. The Bertz CT molecular complexity index is 860. The Balaban J connectivity index is 1.65. The summed E-state index contributed by atoms with van der Waals surface area (Å²) >= 11 is 1.28. The Kier molecular flexibility index (Phi) is 4.36. The maximum Gasteiger partial charge on any atom is 0.353 e. The predicted octanol–water partition coefficient (Wildman–Crippen LogP) is 3.89. The number of thiophene rings is 1. The van der Waals surface area contributed by atoms with Crippen molar-refractivity contribution in [2.24, 2.45) is 17.8 Å². The van der Waals surface area contributed by atoms with E-state index in [9.17, 15) is 14.4 Å². The van der Waals surface area contributed by atoms with Crippen molar-refractivity contribution in [2.75, 3.05) is 4.90 Å². The minimum absolute atomic E-state index is 0.175. The molecule has 2 aromatic rings. The third-order valence-corrected chi connectivity index (χ3v) is 6.07. The fourth-order valence-corrected chi connectivity index (χ4v) is 4.50. The monoisotopic (exact) mass is 369 g/mol. The smallest absolute Gasteiger partial charge is 0.353 e. The second-order valence-electron chi connectivity index (χ2n) is 6.98. The second kappa shape index (κ2) is 6.68. The van der Waals surface area contributed by atoms with Gasteiger partial charge in [-0.1, -0.05) is 25.1 Å². The Morgan fingerprint density at radius 2 is 1.85 bits per heavy atom. The van der Waals surface area contributed by atoms with Gasteiger partial charge >= 0.3 is 5.97 Å². The van der Waals surface area contributed by atoms with Gasteiger partial charge in [-0.25, -0.2) is 9.69 Å². The van der Waals surface area contributed by atoms with Gasteiger partial charge in [0.2, 0.25) is 11.8 Å². The molecule has 1 aromatic carbocycles. The van der Waals surface area contributed by atoms with Crippen molar-refractivity contribution < 1.29 is 19.1 Å². The lowest BCUT2D eigenvalue weighted by molar-refractivity contribution is -0.122. The number of fused-ring (bicyclic) bond motifs is 1. The molecule has 0 unspecified atom stereocenters. The van der Waals surface area contributed by atoms with Crippen LogP contribution in [0.25, 0.3) is 0 Å². The molecule has 1 aromatic heterocycles. The van der Waals surface area contributed by atoms with E-state index in [2.05, 4.69) is 6.92 Å². The number of imide groups is 1. The molecule has 0 spiro atoms. The molecule has 2 heterocycles. The maximum absolute atomic E-state index is 12.9. The molecule has 0 radical (unpaired) electrons. The Morgan fingerprint density at radius 3 is 2.62 bits per heavy atom. The van der Waals surface area contributed by atoms with Crippen LogP contribution in [0, 0.1) is 17.8 Å². The number of anilines is 1. The summed E-state index contributed by atoms with van der Waals surface area (Å²) in [6.45, 7) is 2.12. The van der Waals surface area contributed by atoms with Crippen molar-refractivity contribution in [3.63, 3.8) is 0 Å². The molecule has 5 nitrogen and oxygen atoms in total. The van der Waals surface area contributed by atoms with Crippen LogP contribution in [0.1, 0.15) is 35.9 Å². The van der Waals surface area contributed by atoms with Gasteiger partial charge in [0.15, 0.2) is 5.75 Å². The van der Waals surface area contributed by atoms with E-state index in [0.717, 1.165) is 19.3 Å². The lowest BCUT2D eigenvalue weighted by atomic mass is 9.76. The average molecular weight is 369 g/mol. The van der Waals surface area contributed by atoms with E-state index in [0.29, 0.717) is 16.5 Å². The summed E-state index contributed by atoms with van der Waals surface area (Å²) in [5.74, 6) is -0.665. The first-order chi connectivity index (χ1) is 12.6. The lowest BCUT2D eigenvalue weighted by Gasteiger charge is -2.25. The van der Waals surface area contributed by atoms with Crippen molar-refractivity contribution in [3.8, 4) is 5.75 Å². The van der Waals surface area contributed by atoms with E-state index in [1.54, 1.807) is 41.8 Å². The first-order valence-electron chi connectivity index (χ1n) is 8.78. The quantitative estimate of drug-likeness (QED) is 0.468. The zero-order valence-electron chi connectivity index (χ0n) is 14.4. The molecule has 1 saturated carbocycles. The number of hydrogen-bond donors (Lipinski definition) is 0. The Hall–Kier alpha value is -2.47. The van der Waals surface area contributed by atoms with Crippen LogP contribution in [0.2, 0.25) is 0 Å². The molecule has 3 atom stereocenters. The molecule has 2 fully saturated rings. The topological polar surface area (TPSA) is 63.7 Å². The number of carbonyl (C=O) groups excluding carboxylic acids is 3. The Morgan fingerprint density at radius 1 is 1.08 bits per heavy atom. The first-order valence-corrected chi connectivity index (χ1v) is 9.66. The summed E-state index contributed by atoms with van der Waals surface area (Å²) in [5.41, 5.74) is 0.356. The molecule has 1 aliphatic heterocycles. The highest BCUT2D eigenvalue weighted by atomic mass is 32.1. The van der Waals surface area contributed by atoms with Crippen LogP contribution in [0.15, 0.2) is 41.8 Å². The summed E-state index contributed by atoms with van der Waals surface area (Å²) in [5, 5.41) is 1.79. The molecule has 1 saturated heterocycles. The van der Waals surface area contributed by atoms with Crippen LogP contribution in [0.5, 0.6) is 5.75 Å². The van der Waals surface area contributed by atoms with Gasteiger partial charge in [0, 0.05) is 0 Å². The van der Waals surface area contributed by atoms with Crippen LogP contribution in [0.4, 0.5) is 5.69 Å². The van der Waals surface area contributed by atoms with Crippen molar-refractivity contribution in [1.29, 1.82) is 0 Å². The number of amides is 2. The third kappa shape index (κ3) is 2.84. The van der Waals surface area contributed by atoms with Gasteiger partial charge in [-0.2, -0.15) is 0 Å². The van der Waals surface area contributed by atoms with Crippen molar-refractivity contribution in [1.82, 2.24) is 0 Å². The van der Waals surface area contributed by atoms with E-state index < -0.39 is 5.97 Å². The Labute approximate surface area is 155 Å². The molecule has 26 heavy (non-hydrogen) atoms. The molecule has 134 valence electrons. The van der Waals surface area contributed by atoms with Gasteiger partial charge in [-0.05, 0) is 48.8 Å². The number of hydrogen-bond acceptors (Lipinski definition) is 5. The highest BCUT2D eigenvalue weighted by molar-refractivity contribution is 7.12. The number of benzene rings is 1. The molecule has 2 amide bonds. The minimum Gasteiger partial charge on any atom is -0.420 e. The van der Waals surface area contributed by atoms with Gasteiger partial charge in [0.1, 0.15) is 4.88 Å². The standard InChI is InChI=1S/C20H19NO4S/c1-12-8-9-13-14(11-12)19(23)21(18(13)22)15-5-2-3-6-16(15)25-20(24)17-7-4-10-26-17/h2-7,10,12-14H,8-9,11H2,1H3/t12-,13+,14-/m1/s1. The normalized spacial score (nSPS) is 25.3. The summed E-state index contributed by atoms with van der Waals surface area (Å²) < 4.78 is 5.50. The van der Waals surface area contributed by atoms with Crippen LogP contribution < -0.4 is 9.64 Å². The highest BCUT2D eigenvalue weighted by Crippen LogP contribution is 2.44. The number of para-hydroxylation sites is 2. The SMILES string of the molecule is C[C@@H]1CC[C@@H]2C(=O)N(c3ccccc3OC(=O)c3cccs3)C(=O)[C@@H]2C1. The number of nitrogens with zero attached hydrogens (tertiary/aromatic N) is 1. The molecule has 1 aliphatic carbocycles. The highest BCUT2D eigenvalue weighted by Gasteiger charge is 2.50. The van der Waals surface area contributed by atoms with Crippen LogP contribution in [-0.4, -0.2) is 17.8 Å². The summed E-state index contributed by atoms with van der Waals surface area (Å²) in [6, 6.07) is 10.2. The molecular weight excluding hydrogens is 350 g/mol. The molecule has 0 bridgehead atoms. The summed E-state index contributed by atoms with van der Waals surface area (Å²) in [4.78, 5) is 39.8. The van der Waals surface area contributed by atoms with Gasteiger partial charge in [0.25, 0.3) is 0 Å². The van der Waals surface area contributed by atoms with Gasteiger partial charge < -0.3 is 4.74 Å². The zero-order chi connectivity index (χ0) is 18.3. The summed E-state index contributed by atoms with van der Waals surface area (Å²) in [7, 11) is 0. The van der Waals surface area contributed by atoms with Gasteiger partial charge in [-0.3, -0.25) is 9.59 Å². The predicted molar refractivity (Wildman–Crippen MR) is 98.2 cm³/mol. The second-order valence-corrected chi connectivity index (χ2v) is 7.93. The molecular formula is C20H19NO4S. The van der Waals surface area contributed by atoms with Crippen molar-refractivity contribution in [2.45, 2.75) is 26.2 Å². The number of esters is 1. The minimum atomic E-state index is -0.488. The van der Waals surface area contributed by atoms with Crippen LogP contribution in [0.3, 0.4) is 0 Å². The molecule has 4 rings (SSSR count). The van der Waals surface area contributed by atoms with Gasteiger partial charge in [-0.15, -0.1) is 11.3 Å². The fourth-order valence-electron chi connectivity index (χ4n) is 3.90. The average Bonchev–Trinajstić information content (AvgIpc) is 3.24. The largest absolute Gasteiger partial charge is 0.420 e. The van der Waals surface area contributed by atoms with Crippen molar-refractivity contribution >= 4 is 34.8 Å². The van der Waals surface area contributed by atoms with E-state index in [1.165, 1.54) is 16.2 Å². The van der Waals surface area contributed by atoms with Crippen LogP contribution in [-0.2, 0) is 9.59 Å². The van der Waals surface area contributed by atoms with Crippen molar-refractivity contribution in [3.05, 3.63) is 46.7 Å². The molecule has 2 aliphatic rings. The third-order valence-electron chi connectivity index (χ3n) is 5.22. The molecule has 0 N–H and O–H groups in total. The lowest BCUT2D eigenvalue weighted by Crippen LogP contribution is -2.31. The zero-order valence-corrected chi connectivity index (χ0v) is 15.2. The van der Waals surface area contributed by atoms with E-state index in [4.69, 9.17) is 4.74 Å². The van der Waals surface area contributed by atoms with E-state index in [-0.39, 0.29) is 29.4 Å². The first kappa shape index (κ1) is 17.0. The van der Waals surface area contributed by atoms with Crippen LogP contribution >= 0.6 is 11.3 Å². The molecule has 6 heteroatoms. The number of ether oxygens (including phenoxy) is 1. The van der Waals surface area contributed by atoms with Gasteiger partial charge in [0.05, 0.1) is 17.5 Å². The van der Waals surface area contributed by atoms with E-state index in [1.807, 2.05) is 0 Å².